The number of aryl methyl sites for hydroxylation is 3. The summed E-state index contributed by atoms with van der Waals surface area (Å²) in [7, 11) is 0. The third-order valence-corrected chi connectivity index (χ3v) is 7.28. The molecule has 2 atom stereocenters. The zero-order chi connectivity index (χ0) is 23.1. The molecule has 0 bridgehead atoms. The summed E-state index contributed by atoms with van der Waals surface area (Å²) < 4.78 is 0. The Morgan fingerprint density at radius 1 is 1.31 bits per heavy atom. The smallest absolute Gasteiger partial charge is 0.209 e. The van der Waals surface area contributed by atoms with E-state index in [2.05, 4.69) is 27.0 Å². The maximum Gasteiger partial charge on any atom is 0.209 e. The van der Waals surface area contributed by atoms with E-state index in [4.69, 9.17) is 0 Å². The average molecular weight is 472 g/mol. The maximum atomic E-state index is 10.9. The summed E-state index contributed by atoms with van der Waals surface area (Å²) in [4.78, 5) is 37.0. The number of Topliss-reactive ketones (excluding diaryl/α,β-unsaturated/α-hetero) is 1. The van der Waals surface area contributed by atoms with E-state index in [-0.39, 0.29) is 0 Å². The summed E-state index contributed by atoms with van der Waals surface area (Å²) in [6.45, 7) is 11.3. The van der Waals surface area contributed by atoms with Crippen LogP contribution < -0.4 is 5.32 Å². The topological polar surface area (TPSA) is 87.6 Å². The predicted octanol–water partition coefficient (Wildman–Crippen LogP) is 4.32. The monoisotopic (exact) mass is 471 g/mol. The highest BCUT2D eigenvalue weighted by Crippen LogP contribution is 2.35. The fraction of sp³-hybridized carbons (Fsp3) is 0.435. The van der Waals surface area contributed by atoms with Gasteiger partial charge in [0.1, 0.15) is 11.6 Å². The quantitative estimate of drug-likeness (QED) is 0.280. The van der Waals surface area contributed by atoms with Crippen LogP contribution in [-0.2, 0) is 9.59 Å². The van der Waals surface area contributed by atoms with Gasteiger partial charge < -0.3 is 10.2 Å². The van der Waals surface area contributed by atoms with Gasteiger partial charge in [-0.3, -0.25) is 14.6 Å². The van der Waals surface area contributed by atoms with Gasteiger partial charge in [0.25, 0.3) is 0 Å². The van der Waals surface area contributed by atoms with Crippen molar-refractivity contribution in [3.63, 3.8) is 0 Å². The lowest BCUT2D eigenvalue weighted by Crippen LogP contribution is -2.20. The molecule has 0 unspecified atom stereocenters. The minimum absolute atomic E-state index is 0.380. The fourth-order valence-electron chi connectivity index (χ4n) is 3.93. The number of amides is 1. The number of aliphatic imine (C=N–C) groups is 1. The summed E-state index contributed by atoms with van der Waals surface area (Å²) in [5.41, 5.74) is 3.04. The Labute approximate surface area is 197 Å². The summed E-state index contributed by atoms with van der Waals surface area (Å²) in [6.07, 6.45) is 4.15. The molecule has 2 fully saturated rings. The van der Waals surface area contributed by atoms with Crippen LogP contribution in [0.4, 0.5) is 5.82 Å². The van der Waals surface area contributed by atoms with Crippen molar-refractivity contribution in [2.75, 3.05) is 24.3 Å². The maximum absolute atomic E-state index is 10.9. The van der Waals surface area contributed by atoms with Gasteiger partial charge in [-0.15, -0.1) is 23.1 Å². The molecule has 4 rings (SSSR count). The standard InChI is InChI=1S/C15H18N4S2.C8H11NO2/c1-10-5-6-14(17-7-10)18-9-20-8-13(16-4)15-11(2)19-12(3)21-15;10-5-9-3-6-1-8(11)2-7(6)4-9/h5-8H,4,9H2,1-3H3,(H,17,18);5-7H,1-4H2/b13-8-;/t;6-,7+. The number of thiazole rings is 1. The molecule has 1 aliphatic carbocycles. The van der Waals surface area contributed by atoms with Gasteiger partial charge in [-0.2, -0.15) is 0 Å². The number of carbonyl (C=O) groups is 2. The highest BCUT2D eigenvalue weighted by Gasteiger charge is 2.39. The van der Waals surface area contributed by atoms with E-state index in [0.717, 1.165) is 58.0 Å². The molecule has 2 aliphatic rings. The first kappa shape index (κ1) is 24.1. The normalized spacial score (nSPS) is 19.9. The Hall–Kier alpha value is -2.52. The van der Waals surface area contributed by atoms with Crippen LogP contribution in [0.1, 0.15) is 34.0 Å². The van der Waals surface area contributed by atoms with E-state index in [0.29, 0.717) is 30.5 Å². The molecule has 0 aromatic carbocycles. The van der Waals surface area contributed by atoms with Crippen molar-refractivity contribution in [1.29, 1.82) is 0 Å². The molecule has 1 saturated heterocycles. The SMILES string of the molecule is C=N/C(=C\SCNc1ccc(C)cn1)c1sc(C)nc1C.O=CN1C[C@H]2CC(=O)C[C@H]2C1. The van der Waals surface area contributed by atoms with Crippen molar-refractivity contribution in [2.24, 2.45) is 16.8 Å². The third kappa shape index (κ3) is 6.49. The highest BCUT2D eigenvalue weighted by atomic mass is 32.2. The molecule has 0 radical (unpaired) electrons. The number of pyridine rings is 1. The molecule has 1 N–H and O–H groups in total. The molecule has 2 aromatic heterocycles. The van der Waals surface area contributed by atoms with Crippen molar-refractivity contribution in [3.05, 3.63) is 44.9 Å². The van der Waals surface area contributed by atoms with E-state index in [1.807, 2.05) is 44.5 Å². The van der Waals surface area contributed by atoms with Crippen LogP contribution in [0.15, 0.2) is 28.7 Å². The zero-order valence-corrected chi connectivity index (χ0v) is 20.3. The van der Waals surface area contributed by atoms with Gasteiger partial charge >= 0.3 is 0 Å². The van der Waals surface area contributed by atoms with Crippen molar-refractivity contribution in [1.82, 2.24) is 14.9 Å². The number of fused-ring (bicyclic) bond motifs is 1. The number of likely N-dealkylation sites (tertiary alicyclic amines) is 1. The average Bonchev–Trinajstić information content (AvgIpc) is 3.41. The second kappa shape index (κ2) is 11.4. The first-order valence-electron chi connectivity index (χ1n) is 10.5. The number of nitrogens with zero attached hydrogens (tertiary/aromatic N) is 4. The summed E-state index contributed by atoms with van der Waals surface area (Å²) in [5, 5.41) is 6.31. The zero-order valence-electron chi connectivity index (χ0n) is 18.7. The van der Waals surface area contributed by atoms with E-state index < -0.39 is 0 Å². The van der Waals surface area contributed by atoms with Crippen LogP contribution in [0.5, 0.6) is 0 Å². The number of anilines is 1. The Bertz CT molecular complexity index is 971. The number of aromatic nitrogens is 2. The lowest BCUT2D eigenvalue weighted by Gasteiger charge is -2.07. The first-order chi connectivity index (χ1) is 15.4. The lowest BCUT2D eigenvalue weighted by molar-refractivity contribution is -0.120. The molecule has 32 heavy (non-hydrogen) atoms. The van der Waals surface area contributed by atoms with Gasteiger partial charge in [-0.05, 0) is 56.4 Å². The van der Waals surface area contributed by atoms with Crippen molar-refractivity contribution in [3.8, 4) is 0 Å². The third-order valence-electron chi connectivity index (χ3n) is 5.48. The molecule has 0 spiro atoms. The van der Waals surface area contributed by atoms with Gasteiger partial charge in [0, 0.05) is 32.1 Å². The molecule has 3 heterocycles. The van der Waals surface area contributed by atoms with E-state index >= 15 is 0 Å². The number of hydrogen-bond acceptors (Lipinski definition) is 8. The van der Waals surface area contributed by atoms with Gasteiger partial charge in [-0.25, -0.2) is 9.97 Å². The number of thioether (sulfide) groups is 1. The number of ketones is 1. The molecular formula is C23H29N5O2S2. The molecule has 1 saturated carbocycles. The Morgan fingerprint density at radius 2 is 2.03 bits per heavy atom. The number of carbonyl (C=O) groups excluding carboxylic acids is 2. The molecule has 1 amide bonds. The van der Waals surface area contributed by atoms with E-state index in [1.165, 1.54) is 0 Å². The lowest BCUT2D eigenvalue weighted by atomic mass is 10.0. The second-order valence-electron chi connectivity index (χ2n) is 8.04. The summed E-state index contributed by atoms with van der Waals surface area (Å²) in [5.74, 6) is 2.94. The van der Waals surface area contributed by atoms with Crippen molar-refractivity contribution < 1.29 is 9.59 Å². The van der Waals surface area contributed by atoms with E-state index in [9.17, 15) is 9.59 Å². The van der Waals surface area contributed by atoms with Gasteiger partial charge in [-0.1, -0.05) is 6.07 Å². The second-order valence-corrected chi connectivity index (χ2v) is 10.1. The Morgan fingerprint density at radius 3 is 2.56 bits per heavy atom. The van der Waals surface area contributed by atoms with Crippen LogP contribution >= 0.6 is 23.1 Å². The van der Waals surface area contributed by atoms with E-state index in [1.54, 1.807) is 28.0 Å². The Balaban J connectivity index is 0.000000219. The van der Waals surface area contributed by atoms with Crippen LogP contribution in [0, 0.1) is 32.6 Å². The van der Waals surface area contributed by atoms with Crippen LogP contribution in [-0.4, -0.2) is 52.7 Å². The number of rotatable bonds is 7. The minimum atomic E-state index is 0.380. The van der Waals surface area contributed by atoms with Gasteiger partial charge in [0.15, 0.2) is 0 Å². The van der Waals surface area contributed by atoms with Crippen LogP contribution in [0.2, 0.25) is 0 Å². The number of hydrogen-bond donors (Lipinski definition) is 1. The van der Waals surface area contributed by atoms with Crippen molar-refractivity contribution in [2.45, 2.75) is 33.6 Å². The molecule has 1 aliphatic heterocycles. The molecule has 170 valence electrons. The Kier molecular flexibility index (Phi) is 8.58. The number of nitrogens with one attached hydrogen (secondary N) is 1. The predicted molar refractivity (Wildman–Crippen MR) is 133 cm³/mol. The van der Waals surface area contributed by atoms with Gasteiger partial charge in [0.2, 0.25) is 6.41 Å². The summed E-state index contributed by atoms with van der Waals surface area (Å²) in [6, 6.07) is 4.01. The first-order valence-corrected chi connectivity index (χ1v) is 12.4. The minimum Gasteiger partial charge on any atom is -0.361 e. The molecule has 2 aromatic rings. The largest absolute Gasteiger partial charge is 0.361 e. The van der Waals surface area contributed by atoms with Crippen LogP contribution in [0.3, 0.4) is 0 Å². The molecular weight excluding hydrogens is 442 g/mol. The van der Waals surface area contributed by atoms with Crippen LogP contribution in [0.25, 0.3) is 5.70 Å². The van der Waals surface area contributed by atoms with Gasteiger partial charge in [0.05, 0.1) is 27.2 Å². The highest BCUT2D eigenvalue weighted by molar-refractivity contribution is 8.02. The summed E-state index contributed by atoms with van der Waals surface area (Å²) >= 11 is 3.27. The van der Waals surface area contributed by atoms with Crippen molar-refractivity contribution >= 4 is 53.5 Å². The molecule has 7 nitrogen and oxygen atoms in total. The fourth-order valence-corrected chi connectivity index (χ4v) is 5.57. The molecule has 9 heteroatoms.